The Kier molecular flexibility index (Phi) is 3.88. The van der Waals surface area contributed by atoms with Crippen molar-refractivity contribution in [1.82, 2.24) is 14.7 Å². The lowest BCUT2D eigenvalue weighted by molar-refractivity contribution is -0.116. The molecule has 8 heteroatoms. The van der Waals surface area contributed by atoms with Gasteiger partial charge in [-0.15, -0.1) is 0 Å². The van der Waals surface area contributed by atoms with E-state index in [1.807, 2.05) is 0 Å². The second kappa shape index (κ2) is 5.88. The molecule has 0 radical (unpaired) electrons. The summed E-state index contributed by atoms with van der Waals surface area (Å²) >= 11 is 0. The number of halogens is 1. The average molecular weight is 330 g/mol. The van der Waals surface area contributed by atoms with Crippen molar-refractivity contribution in [1.29, 1.82) is 0 Å². The van der Waals surface area contributed by atoms with E-state index in [-0.39, 0.29) is 17.6 Å². The van der Waals surface area contributed by atoms with Gasteiger partial charge in [0.15, 0.2) is 0 Å². The van der Waals surface area contributed by atoms with Crippen LogP contribution in [0.3, 0.4) is 0 Å². The van der Waals surface area contributed by atoms with Crippen molar-refractivity contribution in [2.45, 2.75) is 27.3 Å². The Labute approximate surface area is 136 Å². The summed E-state index contributed by atoms with van der Waals surface area (Å²) in [6.07, 6.45) is 0. The van der Waals surface area contributed by atoms with Crippen molar-refractivity contribution in [3.63, 3.8) is 0 Å². The number of aryl methyl sites for hydroxylation is 3. The van der Waals surface area contributed by atoms with E-state index in [0.717, 1.165) is 0 Å². The van der Waals surface area contributed by atoms with Crippen LogP contribution in [-0.2, 0) is 11.3 Å². The minimum absolute atomic E-state index is 0.146. The fourth-order valence-electron chi connectivity index (χ4n) is 2.37. The fourth-order valence-corrected chi connectivity index (χ4v) is 2.37. The van der Waals surface area contributed by atoms with Crippen LogP contribution in [0.5, 0.6) is 0 Å². The van der Waals surface area contributed by atoms with Gasteiger partial charge in [-0.3, -0.25) is 14.2 Å². The second-order valence-corrected chi connectivity index (χ2v) is 5.51. The van der Waals surface area contributed by atoms with Gasteiger partial charge >= 0.3 is 0 Å². The van der Waals surface area contributed by atoms with Crippen LogP contribution in [0, 0.1) is 26.6 Å². The first kappa shape index (κ1) is 15.9. The van der Waals surface area contributed by atoms with E-state index in [4.69, 9.17) is 4.52 Å². The van der Waals surface area contributed by atoms with Crippen LogP contribution in [-0.4, -0.2) is 20.6 Å². The topological polar surface area (TPSA) is 90.0 Å². The molecule has 124 valence electrons. The zero-order valence-corrected chi connectivity index (χ0v) is 13.4. The molecular formula is C16H15FN4O3. The molecule has 0 unspecified atom stereocenters. The van der Waals surface area contributed by atoms with Gasteiger partial charge in [-0.1, -0.05) is 11.2 Å². The molecule has 2 heterocycles. The summed E-state index contributed by atoms with van der Waals surface area (Å²) in [4.78, 5) is 28.8. The van der Waals surface area contributed by atoms with Crippen LogP contribution < -0.4 is 10.9 Å². The van der Waals surface area contributed by atoms with Gasteiger partial charge in [-0.05, 0) is 38.5 Å². The van der Waals surface area contributed by atoms with E-state index in [0.29, 0.717) is 22.8 Å². The minimum Gasteiger partial charge on any atom is -0.335 e. The summed E-state index contributed by atoms with van der Waals surface area (Å²) in [5, 5.41) is 6.52. The number of carbonyl (C=O) groups excluding carboxylic acids is 1. The van der Waals surface area contributed by atoms with Gasteiger partial charge in [0.1, 0.15) is 23.6 Å². The predicted octanol–water partition coefficient (Wildman–Crippen LogP) is 2.09. The van der Waals surface area contributed by atoms with Crippen LogP contribution in [0.4, 0.5) is 10.1 Å². The third-order valence-corrected chi connectivity index (χ3v) is 3.72. The fraction of sp³-hybridized carbons (Fsp3) is 0.250. The minimum atomic E-state index is -0.460. The summed E-state index contributed by atoms with van der Waals surface area (Å²) in [5.74, 6) is -0.545. The SMILES string of the molecule is Cc1ccc(NC(=O)Cn2c(C)nc3onc(C)c3c2=O)cc1F. The summed E-state index contributed by atoms with van der Waals surface area (Å²) in [6, 6.07) is 4.39. The third kappa shape index (κ3) is 2.78. The number of amides is 1. The highest BCUT2D eigenvalue weighted by molar-refractivity contribution is 5.90. The number of nitrogens with zero attached hydrogens (tertiary/aromatic N) is 3. The van der Waals surface area contributed by atoms with Crippen LogP contribution >= 0.6 is 0 Å². The van der Waals surface area contributed by atoms with Crippen LogP contribution in [0.2, 0.25) is 0 Å². The molecule has 7 nitrogen and oxygen atoms in total. The zero-order valence-electron chi connectivity index (χ0n) is 13.4. The molecule has 0 aliphatic heterocycles. The number of fused-ring (bicyclic) bond motifs is 1. The number of hydrogen-bond donors (Lipinski definition) is 1. The molecule has 0 saturated carbocycles. The van der Waals surface area contributed by atoms with Crippen molar-refractivity contribution < 1.29 is 13.7 Å². The molecule has 24 heavy (non-hydrogen) atoms. The molecule has 0 saturated heterocycles. The monoisotopic (exact) mass is 330 g/mol. The Morgan fingerprint density at radius 1 is 1.33 bits per heavy atom. The van der Waals surface area contributed by atoms with Gasteiger partial charge in [-0.25, -0.2) is 4.39 Å². The Hall–Kier alpha value is -3.03. The van der Waals surface area contributed by atoms with Crippen molar-refractivity contribution in [3.8, 4) is 0 Å². The Bertz CT molecular complexity index is 1010. The lowest BCUT2D eigenvalue weighted by Gasteiger charge is -2.10. The third-order valence-electron chi connectivity index (χ3n) is 3.72. The van der Waals surface area contributed by atoms with Crippen LogP contribution in [0.1, 0.15) is 17.1 Å². The van der Waals surface area contributed by atoms with Gasteiger partial charge in [0, 0.05) is 5.69 Å². The van der Waals surface area contributed by atoms with Gasteiger partial charge < -0.3 is 9.84 Å². The lowest BCUT2D eigenvalue weighted by Crippen LogP contribution is -2.30. The first-order valence-corrected chi connectivity index (χ1v) is 7.26. The molecular weight excluding hydrogens is 315 g/mol. The highest BCUT2D eigenvalue weighted by atomic mass is 19.1. The van der Waals surface area contributed by atoms with Gasteiger partial charge in [-0.2, -0.15) is 4.98 Å². The maximum Gasteiger partial charge on any atom is 0.267 e. The average Bonchev–Trinajstić information content (AvgIpc) is 2.88. The maximum atomic E-state index is 13.5. The van der Waals surface area contributed by atoms with Crippen molar-refractivity contribution >= 4 is 22.7 Å². The van der Waals surface area contributed by atoms with E-state index in [1.54, 1.807) is 32.9 Å². The first-order chi connectivity index (χ1) is 11.4. The number of carbonyl (C=O) groups is 1. The Morgan fingerprint density at radius 3 is 2.79 bits per heavy atom. The van der Waals surface area contributed by atoms with Gasteiger partial charge in [0.25, 0.3) is 11.3 Å². The first-order valence-electron chi connectivity index (χ1n) is 7.26. The lowest BCUT2D eigenvalue weighted by atomic mass is 10.2. The van der Waals surface area contributed by atoms with Crippen molar-refractivity contribution in [2.75, 3.05) is 5.32 Å². The maximum absolute atomic E-state index is 13.5. The summed E-state index contributed by atoms with van der Waals surface area (Å²) in [5.41, 5.74) is 0.965. The molecule has 0 aliphatic rings. The van der Waals surface area contributed by atoms with E-state index in [1.165, 1.54) is 10.6 Å². The summed E-state index contributed by atoms with van der Waals surface area (Å²) < 4.78 is 19.7. The number of anilines is 1. The van der Waals surface area contributed by atoms with Crippen LogP contribution in [0.25, 0.3) is 11.1 Å². The standard InChI is InChI=1S/C16H15FN4O3/c1-8-4-5-11(6-12(8)17)19-13(22)7-21-10(3)18-15-14(16(21)23)9(2)20-24-15/h4-6H,7H2,1-3H3,(H,19,22). The molecule has 1 N–H and O–H groups in total. The van der Waals surface area contributed by atoms with Gasteiger partial charge in [0.05, 0.1) is 5.69 Å². The van der Waals surface area contributed by atoms with E-state index < -0.39 is 17.3 Å². The van der Waals surface area contributed by atoms with Crippen molar-refractivity contribution in [3.05, 3.63) is 51.5 Å². The second-order valence-electron chi connectivity index (χ2n) is 5.51. The normalized spacial score (nSPS) is 11.0. The molecule has 0 spiro atoms. The molecule has 3 aromatic rings. The molecule has 0 bridgehead atoms. The number of hydrogen-bond acceptors (Lipinski definition) is 5. The highest BCUT2D eigenvalue weighted by Gasteiger charge is 2.17. The molecule has 1 aromatic carbocycles. The molecule has 0 atom stereocenters. The summed E-state index contributed by atoms with van der Waals surface area (Å²) in [6.45, 7) is 4.61. The Morgan fingerprint density at radius 2 is 2.08 bits per heavy atom. The largest absolute Gasteiger partial charge is 0.335 e. The van der Waals surface area contributed by atoms with E-state index in [2.05, 4.69) is 15.5 Å². The predicted molar refractivity (Wildman–Crippen MR) is 85.3 cm³/mol. The smallest absolute Gasteiger partial charge is 0.267 e. The Balaban J connectivity index is 1.89. The quantitative estimate of drug-likeness (QED) is 0.794. The van der Waals surface area contributed by atoms with Gasteiger partial charge in [0.2, 0.25) is 5.91 Å². The number of aromatic nitrogens is 3. The molecule has 2 aromatic heterocycles. The molecule has 0 aliphatic carbocycles. The number of benzene rings is 1. The molecule has 0 fully saturated rings. The van der Waals surface area contributed by atoms with E-state index in [9.17, 15) is 14.0 Å². The summed E-state index contributed by atoms with van der Waals surface area (Å²) in [7, 11) is 0. The zero-order chi connectivity index (χ0) is 17.4. The highest BCUT2D eigenvalue weighted by Crippen LogP contribution is 2.14. The van der Waals surface area contributed by atoms with Crippen LogP contribution in [0.15, 0.2) is 27.5 Å². The molecule has 1 amide bonds. The number of rotatable bonds is 3. The van der Waals surface area contributed by atoms with Crippen molar-refractivity contribution in [2.24, 2.45) is 0 Å². The molecule has 3 rings (SSSR count). The number of nitrogens with one attached hydrogen (secondary N) is 1. The van der Waals surface area contributed by atoms with E-state index >= 15 is 0 Å².